The van der Waals surface area contributed by atoms with Gasteiger partial charge in [0, 0.05) is 5.39 Å². The number of halogens is 3. The van der Waals surface area contributed by atoms with Gasteiger partial charge in [0.05, 0.1) is 11.1 Å². The molecular weight excluding hydrogens is 259 g/mol. The number of rotatable bonds is 1. The van der Waals surface area contributed by atoms with Gasteiger partial charge in [-0.2, -0.15) is 13.2 Å². The Bertz CT molecular complexity index is 678. The Labute approximate surface area is 106 Å². The molecule has 0 saturated carbocycles. The highest BCUT2D eigenvalue weighted by Crippen LogP contribution is 2.39. The van der Waals surface area contributed by atoms with Crippen molar-refractivity contribution in [1.29, 1.82) is 0 Å². The zero-order valence-electron chi connectivity index (χ0n) is 10.2. The second-order valence-electron chi connectivity index (χ2n) is 4.26. The largest absolute Gasteiger partial charge is 0.505 e. The van der Waals surface area contributed by atoms with Crippen LogP contribution in [0.15, 0.2) is 18.2 Å². The van der Waals surface area contributed by atoms with Crippen LogP contribution in [0.1, 0.15) is 28.5 Å². The number of aromatic hydroxyl groups is 1. The molecule has 6 heteroatoms. The topological polar surface area (TPSA) is 50.2 Å². The Morgan fingerprint density at radius 3 is 2.47 bits per heavy atom. The molecular formula is C13H10F3NO2. The maximum absolute atomic E-state index is 12.8. The number of aromatic nitrogens is 1. The van der Waals surface area contributed by atoms with Crippen molar-refractivity contribution in [2.45, 2.75) is 20.0 Å². The molecule has 0 atom stereocenters. The highest BCUT2D eigenvalue weighted by Gasteiger charge is 2.38. The summed E-state index contributed by atoms with van der Waals surface area (Å²) in [6, 6.07) is 4.52. The maximum Gasteiger partial charge on any atom is 0.437 e. The zero-order chi connectivity index (χ0) is 14.4. The molecule has 0 aliphatic rings. The summed E-state index contributed by atoms with van der Waals surface area (Å²) in [5.41, 5.74) is -0.994. The van der Waals surface area contributed by atoms with E-state index >= 15 is 0 Å². The average Bonchev–Trinajstić information content (AvgIpc) is 2.25. The van der Waals surface area contributed by atoms with Crippen LogP contribution in [0.25, 0.3) is 10.9 Å². The molecule has 0 aliphatic heterocycles. The lowest BCUT2D eigenvalue weighted by atomic mass is 10.0. The van der Waals surface area contributed by atoms with E-state index in [2.05, 4.69) is 4.98 Å². The number of ketones is 1. The number of carbonyl (C=O) groups excluding carboxylic acids is 1. The molecule has 2 rings (SSSR count). The lowest BCUT2D eigenvalue weighted by Gasteiger charge is -2.13. The first kappa shape index (κ1) is 13.3. The van der Waals surface area contributed by atoms with E-state index in [-0.39, 0.29) is 16.5 Å². The van der Waals surface area contributed by atoms with Crippen LogP contribution in [-0.4, -0.2) is 15.9 Å². The van der Waals surface area contributed by atoms with Gasteiger partial charge < -0.3 is 5.11 Å². The zero-order valence-corrected chi connectivity index (χ0v) is 10.2. The fourth-order valence-corrected chi connectivity index (χ4v) is 1.92. The highest BCUT2D eigenvalue weighted by molar-refractivity contribution is 6.08. The molecule has 0 fully saturated rings. The van der Waals surface area contributed by atoms with Crippen molar-refractivity contribution < 1.29 is 23.1 Å². The Hall–Kier alpha value is -2.11. The molecule has 0 spiro atoms. The molecule has 1 aromatic heterocycles. The summed E-state index contributed by atoms with van der Waals surface area (Å²) >= 11 is 0. The number of carbonyl (C=O) groups is 1. The maximum atomic E-state index is 12.8. The molecule has 3 nitrogen and oxygen atoms in total. The van der Waals surface area contributed by atoms with Crippen molar-refractivity contribution >= 4 is 16.7 Å². The normalized spacial score (nSPS) is 11.8. The third-order valence-corrected chi connectivity index (χ3v) is 2.74. The van der Waals surface area contributed by atoms with Gasteiger partial charge in [0.15, 0.2) is 17.2 Å². The summed E-state index contributed by atoms with van der Waals surface area (Å²) in [4.78, 5) is 14.9. The number of pyridine rings is 1. The van der Waals surface area contributed by atoms with Crippen LogP contribution >= 0.6 is 0 Å². The van der Waals surface area contributed by atoms with Gasteiger partial charge in [0.2, 0.25) is 0 Å². The number of benzene rings is 1. The van der Waals surface area contributed by atoms with Crippen molar-refractivity contribution in [3.63, 3.8) is 0 Å². The van der Waals surface area contributed by atoms with Gasteiger partial charge in [-0.1, -0.05) is 11.6 Å². The molecule has 0 bridgehead atoms. The van der Waals surface area contributed by atoms with Crippen molar-refractivity contribution in [2.24, 2.45) is 0 Å². The monoisotopic (exact) mass is 269 g/mol. The van der Waals surface area contributed by atoms with E-state index in [1.165, 1.54) is 12.1 Å². The van der Waals surface area contributed by atoms with Gasteiger partial charge in [0.25, 0.3) is 0 Å². The molecule has 0 saturated heterocycles. The third-order valence-electron chi connectivity index (χ3n) is 2.74. The van der Waals surface area contributed by atoms with Crippen LogP contribution in [-0.2, 0) is 6.18 Å². The van der Waals surface area contributed by atoms with Gasteiger partial charge in [-0.25, -0.2) is 4.98 Å². The molecule has 100 valence electrons. The minimum Gasteiger partial charge on any atom is -0.505 e. The Kier molecular flexibility index (Phi) is 2.96. The van der Waals surface area contributed by atoms with Gasteiger partial charge in [-0.05, 0) is 26.0 Å². The van der Waals surface area contributed by atoms with Crippen molar-refractivity contribution in [1.82, 2.24) is 4.98 Å². The first-order valence-electron chi connectivity index (χ1n) is 5.43. The van der Waals surface area contributed by atoms with E-state index in [1.54, 1.807) is 13.0 Å². The standard InChI is InChI=1S/C13H10F3NO2/c1-6-3-4-9-8(5-6)10(7(2)18)11(19)12(17-9)13(14,15)16/h3-5,19H,1-2H3. The molecule has 2 aromatic rings. The molecule has 0 amide bonds. The summed E-state index contributed by atoms with van der Waals surface area (Å²) in [6.45, 7) is 2.84. The molecule has 0 aliphatic carbocycles. The van der Waals surface area contributed by atoms with Crippen LogP contribution in [0.5, 0.6) is 5.75 Å². The van der Waals surface area contributed by atoms with E-state index in [4.69, 9.17) is 0 Å². The number of aryl methyl sites for hydroxylation is 1. The molecule has 1 N–H and O–H groups in total. The Morgan fingerprint density at radius 2 is 1.95 bits per heavy atom. The van der Waals surface area contributed by atoms with Gasteiger partial charge in [-0.15, -0.1) is 0 Å². The van der Waals surface area contributed by atoms with Gasteiger partial charge in [0.1, 0.15) is 0 Å². The lowest BCUT2D eigenvalue weighted by molar-refractivity contribution is -0.142. The quantitative estimate of drug-likeness (QED) is 0.806. The third kappa shape index (κ3) is 2.25. The summed E-state index contributed by atoms with van der Waals surface area (Å²) in [5, 5.41) is 9.90. The molecule has 0 radical (unpaired) electrons. The predicted octanol–water partition coefficient (Wildman–Crippen LogP) is 3.47. The average molecular weight is 269 g/mol. The van der Waals surface area contributed by atoms with E-state index in [0.29, 0.717) is 0 Å². The number of hydrogen-bond acceptors (Lipinski definition) is 3. The summed E-state index contributed by atoms with van der Waals surface area (Å²) < 4.78 is 38.3. The number of Topliss-reactive ketones (excluding diaryl/α,β-unsaturated/α-hetero) is 1. The molecule has 0 unspecified atom stereocenters. The molecule has 19 heavy (non-hydrogen) atoms. The Morgan fingerprint density at radius 1 is 1.32 bits per heavy atom. The van der Waals surface area contributed by atoms with Crippen LogP contribution in [0.4, 0.5) is 13.2 Å². The van der Waals surface area contributed by atoms with Crippen molar-refractivity contribution in [2.75, 3.05) is 0 Å². The summed E-state index contributed by atoms with van der Waals surface area (Å²) in [7, 11) is 0. The van der Waals surface area contributed by atoms with Crippen molar-refractivity contribution in [3.8, 4) is 5.75 Å². The number of nitrogens with zero attached hydrogens (tertiary/aromatic N) is 1. The molecule has 1 aromatic carbocycles. The van der Waals surface area contributed by atoms with E-state index in [0.717, 1.165) is 12.5 Å². The summed E-state index contributed by atoms with van der Waals surface area (Å²) in [6.07, 6.45) is -4.81. The summed E-state index contributed by atoms with van der Waals surface area (Å²) in [5.74, 6) is -1.75. The first-order valence-corrected chi connectivity index (χ1v) is 5.43. The van der Waals surface area contributed by atoms with Gasteiger partial charge >= 0.3 is 6.18 Å². The van der Waals surface area contributed by atoms with Crippen LogP contribution in [0.3, 0.4) is 0 Å². The minimum atomic E-state index is -4.81. The smallest absolute Gasteiger partial charge is 0.437 e. The minimum absolute atomic E-state index is 0.0286. The number of alkyl halides is 3. The second-order valence-corrected chi connectivity index (χ2v) is 4.26. The molecule has 1 heterocycles. The second kappa shape index (κ2) is 4.22. The highest BCUT2D eigenvalue weighted by atomic mass is 19.4. The lowest BCUT2D eigenvalue weighted by Crippen LogP contribution is -2.11. The van der Waals surface area contributed by atoms with Crippen molar-refractivity contribution in [3.05, 3.63) is 35.0 Å². The van der Waals surface area contributed by atoms with E-state index < -0.39 is 23.4 Å². The Balaban J connectivity index is 2.95. The van der Waals surface area contributed by atoms with E-state index in [1.807, 2.05) is 0 Å². The number of fused-ring (bicyclic) bond motifs is 1. The van der Waals surface area contributed by atoms with Crippen LogP contribution in [0, 0.1) is 6.92 Å². The predicted molar refractivity (Wildman–Crippen MR) is 63.2 cm³/mol. The fraction of sp³-hybridized carbons (Fsp3) is 0.231. The van der Waals surface area contributed by atoms with Gasteiger partial charge in [-0.3, -0.25) is 4.79 Å². The SMILES string of the molecule is CC(=O)c1c(O)c(C(F)(F)F)nc2ccc(C)cc12. The first-order chi connectivity index (χ1) is 8.71. The fourth-order valence-electron chi connectivity index (χ4n) is 1.92. The van der Waals surface area contributed by atoms with E-state index in [9.17, 15) is 23.1 Å². The van der Waals surface area contributed by atoms with Crippen LogP contribution in [0.2, 0.25) is 0 Å². The number of hydrogen-bond donors (Lipinski definition) is 1. The van der Waals surface area contributed by atoms with Crippen LogP contribution < -0.4 is 0 Å².